The molecule has 0 aliphatic heterocycles. The van der Waals surface area contributed by atoms with Gasteiger partial charge in [0.15, 0.2) is 17.0 Å². The zero-order valence-electron chi connectivity index (χ0n) is 16.8. The fourth-order valence-electron chi connectivity index (χ4n) is 3.09. The lowest BCUT2D eigenvalue weighted by Crippen LogP contribution is -2.16. The predicted molar refractivity (Wildman–Crippen MR) is 118 cm³/mol. The molecule has 0 aliphatic carbocycles. The Balaban J connectivity index is 1.82. The van der Waals surface area contributed by atoms with Gasteiger partial charge in [-0.15, -0.1) is 0 Å². The van der Waals surface area contributed by atoms with E-state index in [-0.39, 0.29) is 16.3 Å². The average Bonchev–Trinajstić information content (AvgIpc) is 3.10. The smallest absolute Gasteiger partial charge is 0.319 e. The zero-order chi connectivity index (χ0) is 25.7. The lowest BCUT2D eigenvalue weighted by Gasteiger charge is -2.11. The Hall–Kier alpha value is -3.02. The second kappa shape index (κ2) is 8.89. The van der Waals surface area contributed by atoms with Crippen LogP contribution in [0.5, 0.6) is 0 Å². The van der Waals surface area contributed by atoms with Gasteiger partial charge in [-0.1, -0.05) is 46.9 Å². The van der Waals surface area contributed by atoms with Crippen molar-refractivity contribution in [2.75, 3.05) is 5.32 Å². The number of amides is 1. The van der Waals surface area contributed by atoms with E-state index in [1.54, 1.807) is 0 Å². The predicted octanol–water partition coefficient (Wildman–Crippen LogP) is 7.65. The van der Waals surface area contributed by atoms with Crippen molar-refractivity contribution in [2.45, 2.75) is 12.4 Å². The van der Waals surface area contributed by atoms with Crippen LogP contribution < -0.4 is 5.32 Å². The summed E-state index contributed by atoms with van der Waals surface area (Å²) >= 11 is 17.9. The molecule has 0 saturated heterocycles. The number of carbonyl (C=O) groups excluding carboxylic acids is 1. The van der Waals surface area contributed by atoms with E-state index >= 15 is 0 Å². The van der Waals surface area contributed by atoms with Crippen molar-refractivity contribution >= 4 is 52.0 Å². The Morgan fingerprint density at radius 2 is 1.54 bits per heavy atom. The molecule has 0 aliphatic rings. The molecule has 0 fully saturated rings. The van der Waals surface area contributed by atoms with Gasteiger partial charge in [0.25, 0.3) is 5.91 Å². The molecule has 2 aromatic carbocycles. The molecule has 4 aromatic rings. The highest BCUT2D eigenvalue weighted by Crippen LogP contribution is 2.36. The average molecular weight is 554 g/mol. The molecule has 2 aromatic heterocycles. The molecule has 0 unspecified atom stereocenters. The first-order chi connectivity index (χ1) is 16.3. The molecule has 4 rings (SSSR count). The third kappa shape index (κ3) is 5.02. The highest BCUT2D eigenvalue weighted by atomic mass is 35.5. The first-order valence-electron chi connectivity index (χ1n) is 9.36. The second-order valence-corrected chi connectivity index (χ2v) is 8.30. The topological polar surface area (TPSA) is 59.3 Å². The fraction of sp³-hybridized carbons (Fsp3) is 0.0952. The number of fused-ring (bicyclic) bond motifs is 1. The van der Waals surface area contributed by atoms with Gasteiger partial charge in [0, 0.05) is 10.6 Å². The molecule has 0 spiro atoms. The Labute approximate surface area is 207 Å². The molecule has 0 saturated carbocycles. The summed E-state index contributed by atoms with van der Waals surface area (Å²) in [6.45, 7) is 0. The van der Waals surface area contributed by atoms with Crippen LogP contribution in [0.2, 0.25) is 15.1 Å². The summed E-state index contributed by atoms with van der Waals surface area (Å²) < 4.78 is 80.7. The van der Waals surface area contributed by atoms with Crippen LogP contribution in [-0.4, -0.2) is 20.5 Å². The Morgan fingerprint density at radius 1 is 0.886 bits per heavy atom. The van der Waals surface area contributed by atoms with Gasteiger partial charge in [-0.25, -0.2) is 9.50 Å². The maximum atomic E-state index is 13.8. The lowest BCUT2D eigenvalue weighted by atomic mass is 10.1. The minimum absolute atomic E-state index is 0.129. The molecule has 1 amide bonds. The molecule has 0 bridgehead atoms. The van der Waals surface area contributed by atoms with Gasteiger partial charge in [-0.05, 0) is 36.4 Å². The van der Waals surface area contributed by atoms with Crippen molar-refractivity contribution in [1.82, 2.24) is 14.6 Å². The third-order valence-electron chi connectivity index (χ3n) is 4.72. The molecule has 0 atom stereocenters. The van der Waals surface area contributed by atoms with Crippen LogP contribution >= 0.6 is 34.8 Å². The molecule has 35 heavy (non-hydrogen) atoms. The number of rotatable bonds is 3. The van der Waals surface area contributed by atoms with Crippen molar-refractivity contribution in [3.8, 4) is 11.3 Å². The van der Waals surface area contributed by atoms with E-state index in [1.165, 1.54) is 24.3 Å². The number of nitrogens with zero attached hydrogens (tertiary/aromatic N) is 3. The quantitative estimate of drug-likeness (QED) is 0.265. The van der Waals surface area contributed by atoms with Crippen molar-refractivity contribution in [2.24, 2.45) is 0 Å². The summed E-state index contributed by atoms with van der Waals surface area (Å²) in [5.74, 6) is -1.19. The molecule has 2 heterocycles. The van der Waals surface area contributed by atoms with Crippen molar-refractivity contribution < 1.29 is 31.1 Å². The van der Waals surface area contributed by atoms with E-state index in [2.05, 4.69) is 15.4 Å². The Bertz CT molecular complexity index is 1450. The zero-order valence-corrected chi connectivity index (χ0v) is 19.0. The monoisotopic (exact) mass is 552 g/mol. The SMILES string of the molecule is O=C(Nc1cc(C(F)(F)F)ccc1Cl)c1nn2c(C(F)(F)F)cc(-c3ccc(Cl)cc3)nc2c1Cl. The van der Waals surface area contributed by atoms with E-state index in [0.29, 0.717) is 27.7 Å². The number of halogens is 9. The number of alkyl halides is 6. The van der Waals surface area contributed by atoms with E-state index in [4.69, 9.17) is 34.8 Å². The normalized spacial score (nSPS) is 12.3. The maximum Gasteiger partial charge on any atom is 0.433 e. The van der Waals surface area contributed by atoms with Gasteiger partial charge in [0.2, 0.25) is 0 Å². The molecular weight excluding hydrogens is 545 g/mol. The summed E-state index contributed by atoms with van der Waals surface area (Å²) in [7, 11) is 0. The van der Waals surface area contributed by atoms with Gasteiger partial charge < -0.3 is 5.32 Å². The van der Waals surface area contributed by atoms with Gasteiger partial charge in [0.05, 0.1) is 22.0 Å². The van der Waals surface area contributed by atoms with Gasteiger partial charge in [-0.2, -0.15) is 31.4 Å². The van der Waals surface area contributed by atoms with E-state index in [0.717, 1.165) is 6.07 Å². The number of anilines is 1. The number of hydrogen-bond acceptors (Lipinski definition) is 3. The summed E-state index contributed by atoms with van der Waals surface area (Å²) in [6, 6.07) is 8.68. The molecule has 5 nitrogen and oxygen atoms in total. The number of nitrogens with one attached hydrogen (secondary N) is 1. The van der Waals surface area contributed by atoms with E-state index in [9.17, 15) is 31.1 Å². The van der Waals surface area contributed by atoms with Crippen LogP contribution in [0.15, 0.2) is 48.5 Å². The first kappa shape index (κ1) is 25.1. The van der Waals surface area contributed by atoms with Crippen LogP contribution in [0.3, 0.4) is 0 Å². The number of carbonyl (C=O) groups is 1. The Kier molecular flexibility index (Phi) is 6.37. The molecule has 14 heteroatoms. The van der Waals surface area contributed by atoms with E-state index < -0.39 is 51.6 Å². The maximum absolute atomic E-state index is 13.8. The lowest BCUT2D eigenvalue weighted by molar-refractivity contribution is -0.142. The number of hydrogen-bond donors (Lipinski definition) is 1. The molecule has 182 valence electrons. The van der Waals surface area contributed by atoms with Crippen LogP contribution in [0.25, 0.3) is 16.9 Å². The molecule has 0 radical (unpaired) electrons. The van der Waals surface area contributed by atoms with Crippen molar-refractivity contribution in [1.29, 1.82) is 0 Å². The summed E-state index contributed by atoms with van der Waals surface area (Å²) in [5.41, 5.74) is -3.88. The van der Waals surface area contributed by atoms with E-state index in [1.807, 2.05) is 0 Å². The van der Waals surface area contributed by atoms with Crippen molar-refractivity contribution in [3.05, 3.63) is 80.6 Å². The number of aromatic nitrogens is 3. The van der Waals surface area contributed by atoms with Gasteiger partial charge in [0.1, 0.15) is 5.02 Å². The number of benzene rings is 2. The minimum atomic E-state index is -4.92. The van der Waals surface area contributed by atoms with Gasteiger partial charge in [-0.3, -0.25) is 4.79 Å². The summed E-state index contributed by atoms with van der Waals surface area (Å²) in [5, 5.41) is 5.28. The summed E-state index contributed by atoms with van der Waals surface area (Å²) in [6.07, 6.45) is -9.65. The first-order valence-corrected chi connectivity index (χ1v) is 10.5. The third-order valence-corrected chi connectivity index (χ3v) is 5.65. The van der Waals surface area contributed by atoms with Crippen LogP contribution in [0.4, 0.5) is 32.0 Å². The Morgan fingerprint density at radius 3 is 2.14 bits per heavy atom. The minimum Gasteiger partial charge on any atom is -0.319 e. The molecule has 1 N–H and O–H groups in total. The van der Waals surface area contributed by atoms with Crippen LogP contribution in [-0.2, 0) is 12.4 Å². The second-order valence-electron chi connectivity index (χ2n) is 7.08. The highest BCUT2D eigenvalue weighted by Gasteiger charge is 2.37. The highest BCUT2D eigenvalue weighted by molar-refractivity contribution is 6.37. The summed E-state index contributed by atoms with van der Waals surface area (Å²) in [4.78, 5) is 16.8. The van der Waals surface area contributed by atoms with Crippen molar-refractivity contribution in [3.63, 3.8) is 0 Å². The standard InChI is InChI=1S/C21H9Cl3F6N4O/c22-11-4-1-9(2-5-11)13-8-15(21(28,29)30)34-18(31-13)16(24)17(33-34)19(35)32-14-7-10(20(25,26)27)3-6-12(14)23/h1-8H,(H,32,35). The van der Waals surface area contributed by atoms with Crippen LogP contribution in [0.1, 0.15) is 21.7 Å². The fourth-order valence-corrected chi connectivity index (χ4v) is 3.62. The largest absolute Gasteiger partial charge is 0.433 e. The molecular formula is C21H9Cl3F6N4O. The van der Waals surface area contributed by atoms with Crippen LogP contribution in [0, 0.1) is 0 Å². The van der Waals surface area contributed by atoms with Gasteiger partial charge >= 0.3 is 12.4 Å².